The van der Waals surface area contributed by atoms with Crippen molar-refractivity contribution in [2.24, 2.45) is 0 Å². The summed E-state index contributed by atoms with van der Waals surface area (Å²) >= 11 is 8.86. The Bertz CT molecular complexity index is 542. The third-order valence-electron chi connectivity index (χ3n) is 2.02. The molecule has 0 aliphatic carbocycles. The van der Waals surface area contributed by atoms with Gasteiger partial charge in [-0.25, -0.2) is 14.4 Å². The van der Waals surface area contributed by atoms with E-state index in [1.807, 2.05) is 6.92 Å². The van der Waals surface area contributed by atoms with Crippen molar-refractivity contribution in [1.29, 1.82) is 0 Å². The molecule has 0 atom stereocenters. The first-order valence-corrected chi connectivity index (χ1v) is 5.95. The Morgan fingerprint density at radius 2 is 2.06 bits per heavy atom. The zero-order valence-corrected chi connectivity index (χ0v) is 11.2. The molecular weight excluding hydrogens is 308 g/mol. The van der Waals surface area contributed by atoms with Gasteiger partial charge in [-0.15, -0.1) is 0 Å². The first-order valence-electron chi connectivity index (χ1n) is 4.78. The van der Waals surface area contributed by atoms with E-state index >= 15 is 0 Å². The fourth-order valence-corrected chi connectivity index (χ4v) is 1.92. The highest BCUT2D eigenvalue weighted by atomic mass is 79.9. The van der Waals surface area contributed by atoms with E-state index in [0.717, 1.165) is 5.69 Å². The van der Waals surface area contributed by atoms with Crippen LogP contribution in [0.5, 0.6) is 0 Å². The van der Waals surface area contributed by atoms with Crippen molar-refractivity contribution < 1.29 is 4.39 Å². The van der Waals surface area contributed by atoms with Crippen molar-refractivity contribution >= 4 is 39.0 Å². The average molecular weight is 317 g/mol. The van der Waals surface area contributed by atoms with E-state index in [1.165, 1.54) is 6.07 Å². The lowest BCUT2D eigenvalue weighted by atomic mass is 10.3. The van der Waals surface area contributed by atoms with Crippen LogP contribution in [0.2, 0.25) is 5.28 Å². The summed E-state index contributed by atoms with van der Waals surface area (Å²) in [5.74, 6) is 0.258. The molecule has 88 valence electrons. The van der Waals surface area contributed by atoms with Crippen LogP contribution in [0.4, 0.5) is 15.9 Å². The molecule has 0 amide bonds. The lowest BCUT2D eigenvalue weighted by molar-refractivity contribution is 0.621. The molecule has 0 bridgehead atoms. The first-order chi connectivity index (χ1) is 8.04. The number of aryl methyl sites for hydroxylation is 1. The maximum Gasteiger partial charge on any atom is 0.224 e. The number of rotatable bonds is 2. The van der Waals surface area contributed by atoms with Crippen molar-refractivity contribution in [2.75, 3.05) is 5.32 Å². The van der Waals surface area contributed by atoms with Crippen molar-refractivity contribution in [1.82, 2.24) is 9.97 Å². The topological polar surface area (TPSA) is 37.8 Å². The summed E-state index contributed by atoms with van der Waals surface area (Å²) in [7, 11) is 0. The highest BCUT2D eigenvalue weighted by Crippen LogP contribution is 2.23. The zero-order chi connectivity index (χ0) is 12.4. The monoisotopic (exact) mass is 315 g/mol. The van der Waals surface area contributed by atoms with Crippen LogP contribution in [0.3, 0.4) is 0 Å². The Balaban J connectivity index is 2.28. The molecule has 0 spiro atoms. The molecular formula is C11H8BrClFN3. The van der Waals surface area contributed by atoms with Gasteiger partial charge in [0.05, 0.1) is 4.47 Å². The van der Waals surface area contributed by atoms with E-state index in [9.17, 15) is 4.39 Å². The van der Waals surface area contributed by atoms with Crippen LogP contribution >= 0.6 is 27.5 Å². The standard InChI is InChI=1S/C11H8BrClFN3/c1-6-4-10(17-11(13)15-6)16-7-2-3-9(14)8(12)5-7/h2-5H,1H3,(H,15,16,17). The van der Waals surface area contributed by atoms with Gasteiger partial charge in [-0.2, -0.15) is 0 Å². The summed E-state index contributed by atoms with van der Waals surface area (Å²) < 4.78 is 13.4. The summed E-state index contributed by atoms with van der Waals surface area (Å²) in [6.07, 6.45) is 0. The van der Waals surface area contributed by atoms with Crippen LogP contribution in [-0.2, 0) is 0 Å². The number of nitrogens with zero attached hydrogens (tertiary/aromatic N) is 2. The molecule has 0 saturated carbocycles. The predicted molar refractivity (Wildman–Crippen MR) is 69.2 cm³/mol. The minimum atomic E-state index is -0.313. The first kappa shape index (κ1) is 12.3. The molecule has 2 rings (SSSR count). The lowest BCUT2D eigenvalue weighted by Crippen LogP contribution is -1.97. The summed E-state index contributed by atoms with van der Waals surface area (Å²) in [5, 5.41) is 3.20. The molecule has 0 unspecified atom stereocenters. The van der Waals surface area contributed by atoms with Gasteiger partial charge in [-0.05, 0) is 52.7 Å². The fraction of sp³-hybridized carbons (Fsp3) is 0.0909. The van der Waals surface area contributed by atoms with Gasteiger partial charge in [0.1, 0.15) is 11.6 Å². The average Bonchev–Trinajstić information content (AvgIpc) is 2.22. The minimum absolute atomic E-state index is 0.175. The van der Waals surface area contributed by atoms with Gasteiger partial charge >= 0.3 is 0 Å². The van der Waals surface area contributed by atoms with E-state index in [2.05, 4.69) is 31.2 Å². The van der Waals surface area contributed by atoms with E-state index in [1.54, 1.807) is 18.2 Å². The van der Waals surface area contributed by atoms with Crippen molar-refractivity contribution in [2.45, 2.75) is 6.92 Å². The second-order valence-electron chi connectivity index (χ2n) is 3.42. The molecule has 3 nitrogen and oxygen atoms in total. The second kappa shape index (κ2) is 4.98. The van der Waals surface area contributed by atoms with E-state index < -0.39 is 0 Å². The second-order valence-corrected chi connectivity index (χ2v) is 4.61. The summed E-state index contributed by atoms with van der Waals surface area (Å²) in [6, 6.07) is 6.36. The van der Waals surface area contributed by atoms with Gasteiger partial charge in [-0.3, -0.25) is 0 Å². The Kier molecular flexibility index (Phi) is 3.59. The number of aromatic nitrogens is 2. The molecule has 1 N–H and O–H groups in total. The molecule has 0 radical (unpaired) electrons. The predicted octanol–water partition coefficient (Wildman–Crippen LogP) is 4.08. The number of anilines is 2. The Labute approximate surface area is 111 Å². The van der Waals surface area contributed by atoms with E-state index in [4.69, 9.17) is 11.6 Å². The maximum atomic E-state index is 13.0. The van der Waals surface area contributed by atoms with Crippen molar-refractivity contribution in [3.8, 4) is 0 Å². The molecule has 0 fully saturated rings. The summed E-state index contributed by atoms with van der Waals surface area (Å²) in [4.78, 5) is 7.97. The minimum Gasteiger partial charge on any atom is -0.340 e. The third kappa shape index (κ3) is 3.14. The molecule has 1 heterocycles. The van der Waals surface area contributed by atoms with Crippen LogP contribution in [0, 0.1) is 12.7 Å². The fourth-order valence-electron chi connectivity index (χ4n) is 1.32. The lowest BCUT2D eigenvalue weighted by Gasteiger charge is -2.07. The molecule has 1 aromatic carbocycles. The quantitative estimate of drug-likeness (QED) is 0.848. The molecule has 0 aliphatic heterocycles. The zero-order valence-electron chi connectivity index (χ0n) is 8.84. The normalized spacial score (nSPS) is 10.4. The van der Waals surface area contributed by atoms with Crippen molar-refractivity contribution in [3.63, 3.8) is 0 Å². The number of benzene rings is 1. The summed E-state index contributed by atoms with van der Waals surface area (Å²) in [5.41, 5.74) is 1.47. The Morgan fingerprint density at radius 1 is 1.29 bits per heavy atom. The van der Waals surface area contributed by atoms with Crippen LogP contribution in [0.25, 0.3) is 0 Å². The number of hydrogen-bond acceptors (Lipinski definition) is 3. The highest BCUT2D eigenvalue weighted by Gasteiger charge is 2.03. The van der Waals surface area contributed by atoms with Gasteiger partial charge in [0.25, 0.3) is 0 Å². The van der Waals surface area contributed by atoms with Crippen LogP contribution in [-0.4, -0.2) is 9.97 Å². The van der Waals surface area contributed by atoms with Gasteiger partial charge in [0.15, 0.2) is 0 Å². The Hall–Kier alpha value is -1.20. The van der Waals surface area contributed by atoms with Crippen molar-refractivity contribution in [3.05, 3.63) is 45.5 Å². The van der Waals surface area contributed by atoms with E-state index in [0.29, 0.717) is 16.0 Å². The summed E-state index contributed by atoms with van der Waals surface area (Å²) in [6.45, 7) is 1.82. The van der Waals surface area contributed by atoms with Gasteiger partial charge in [0, 0.05) is 17.4 Å². The highest BCUT2D eigenvalue weighted by molar-refractivity contribution is 9.10. The number of halogens is 3. The molecule has 6 heteroatoms. The van der Waals surface area contributed by atoms with Gasteiger partial charge in [0.2, 0.25) is 5.28 Å². The van der Waals surface area contributed by atoms with Gasteiger partial charge < -0.3 is 5.32 Å². The largest absolute Gasteiger partial charge is 0.340 e. The smallest absolute Gasteiger partial charge is 0.224 e. The molecule has 1 aromatic heterocycles. The third-order valence-corrected chi connectivity index (χ3v) is 2.80. The van der Waals surface area contributed by atoms with Gasteiger partial charge in [-0.1, -0.05) is 0 Å². The number of nitrogens with one attached hydrogen (secondary N) is 1. The molecule has 0 saturated heterocycles. The molecule has 0 aliphatic rings. The van der Waals surface area contributed by atoms with E-state index in [-0.39, 0.29) is 11.1 Å². The SMILES string of the molecule is Cc1cc(Nc2ccc(F)c(Br)c2)nc(Cl)n1. The molecule has 17 heavy (non-hydrogen) atoms. The van der Waals surface area contributed by atoms with Crippen LogP contribution in [0.15, 0.2) is 28.7 Å². The van der Waals surface area contributed by atoms with Crippen LogP contribution < -0.4 is 5.32 Å². The Morgan fingerprint density at radius 3 is 2.71 bits per heavy atom. The van der Waals surface area contributed by atoms with Crippen LogP contribution in [0.1, 0.15) is 5.69 Å². The maximum absolute atomic E-state index is 13.0. The number of hydrogen-bond donors (Lipinski definition) is 1. The molecule has 2 aromatic rings.